The summed E-state index contributed by atoms with van der Waals surface area (Å²) in [4.78, 5) is 12.6. The van der Waals surface area contributed by atoms with Gasteiger partial charge in [-0.1, -0.05) is 24.3 Å². The summed E-state index contributed by atoms with van der Waals surface area (Å²) in [7, 11) is 0. The monoisotopic (exact) mass is 239 g/mol. The Labute approximate surface area is 102 Å². The summed E-state index contributed by atoms with van der Waals surface area (Å²) in [6, 6.07) is 11.0. The van der Waals surface area contributed by atoms with E-state index >= 15 is 0 Å². The third-order valence-electron chi connectivity index (χ3n) is 2.73. The fraction of sp³-hybridized carbons (Fsp3) is 0. The maximum absolute atomic E-state index is 11.3. The van der Waals surface area contributed by atoms with Crippen molar-refractivity contribution in [1.82, 2.24) is 15.0 Å². The van der Waals surface area contributed by atoms with E-state index in [2.05, 4.69) is 10.2 Å². The fourth-order valence-corrected chi connectivity index (χ4v) is 1.91. The Kier molecular flexibility index (Phi) is 2.30. The minimum Gasteiger partial charge on any atom is -0.478 e. The molecule has 5 nitrogen and oxygen atoms in total. The van der Waals surface area contributed by atoms with E-state index in [0.717, 1.165) is 10.8 Å². The van der Waals surface area contributed by atoms with Gasteiger partial charge in [-0.15, -0.1) is 0 Å². The van der Waals surface area contributed by atoms with Crippen LogP contribution < -0.4 is 0 Å². The van der Waals surface area contributed by atoms with E-state index in [1.807, 2.05) is 24.3 Å². The molecular formula is C13H9N3O2. The number of carbonyl (C=O) groups is 1. The van der Waals surface area contributed by atoms with Crippen molar-refractivity contribution < 1.29 is 9.90 Å². The molecule has 3 aromatic rings. The van der Waals surface area contributed by atoms with Gasteiger partial charge in [0.2, 0.25) is 0 Å². The van der Waals surface area contributed by atoms with Crippen LogP contribution in [0.4, 0.5) is 0 Å². The van der Waals surface area contributed by atoms with Gasteiger partial charge >= 0.3 is 5.97 Å². The van der Waals surface area contributed by atoms with Crippen molar-refractivity contribution in [1.29, 1.82) is 0 Å². The Bertz CT molecular complexity index is 720. The zero-order chi connectivity index (χ0) is 12.5. The third-order valence-corrected chi connectivity index (χ3v) is 2.73. The second kappa shape index (κ2) is 3.96. The maximum atomic E-state index is 11.3. The lowest BCUT2D eigenvalue weighted by Crippen LogP contribution is -2.07. The number of nitrogens with zero attached hydrogens (tertiary/aromatic N) is 3. The second-order valence-corrected chi connectivity index (χ2v) is 3.84. The number of rotatable bonds is 2. The maximum Gasteiger partial charge on any atom is 0.337 e. The summed E-state index contributed by atoms with van der Waals surface area (Å²) in [6.45, 7) is 0. The molecule has 0 aliphatic carbocycles. The number of benzene rings is 2. The summed E-state index contributed by atoms with van der Waals surface area (Å²) in [6.07, 6.45) is 3.03. The molecule has 88 valence electrons. The van der Waals surface area contributed by atoms with E-state index in [4.69, 9.17) is 0 Å². The number of fused-ring (bicyclic) bond motifs is 1. The molecule has 0 bridgehead atoms. The predicted molar refractivity (Wildman–Crippen MR) is 65.8 cm³/mol. The number of aromatic carboxylic acids is 1. The summed E-state index contributed by atoms with van der Waals surface area (Å²) in [5.41, 5.74) is 0.649. The van der Waals surface area contributed by atoms with Crippen molar-refractivity contribution in [3.05, 3.63) is 54.4 Å². The highest BCUT2D eigenvalue weighted by Crippen LogP contribution is 2.22. The summed E-state index contributed by atoms with van der Waals surface area (Å²) < 4.78 is 0. The van der Waals surface area contributed by atoms with Crippen LogP contribution in [0.2, 0.25) is 0 Å². The van der Waals surface area contributed by atoms with Crippen molar-refractivity contribution >= 4 is 16.7 Å². The Balaban J connectivity index is 2.34. The summed E-state index contributed by atoms with van der Waals surface area (Å²) in [5, 5.41) is 19.0. The molecule has 0 saturated carbocycles. The Morgan fingerprint density at radius 3 is 2.28 bits per heavy atom. The van der Waals surface area contributed by atoms with Gasteiger partial charge in [-0.2, -0.15) is 15.0 Å². The molecule has 1 aromatic heterocycles. The first-order valence-electron chi connectivity index (χ1n) is 5.38. The molecule has 0 radical (unpaired) electrons. The normalized spacial score (nSPS) is 10.7. The average Bonchev–Trinajstić information content (AvgIpc) is 2.91. The highest BCUT2D eigenvalue weighted by Gasteiger charge is 2.14. The lowest BCUT2D eigenvalue weighted by Gasteiger charge is -2.07. The lowest BCUT2D eigenvalue weighted by molar-refractivity contribution is 0.0696. The number of hydrogen-bond acceptors (Lipinski definition) is 3. The molecule has 0 atom stereocenters. The van der Waals surface area contributed by atoms with E-state index in [9.17, 15) is 9.90 Å². The fourth-order valence-electron chi connectivity index (χ4n) is 1.91. The van der Waals surface area contributed by atoms with Crippen LogP contribution in [0.25, 0.3) is 16.5 Å². The van der Waals surface area contributed by atoms with Crippen LogP contribution in [0.5, 0.6) is 0 Å². The van der Waals surface area contributed by atoms with Crippen molar-refractivity contribution in [3.8, 4) is 5.69 Å². The van der Waals surface area contributed by atoms with Crippen molar-refractivity contribution in [2.75, 3.05) is 0 Å². The topological polar surface area (TPSA) is 68.0 Å². The van der Waals surface area contributed by atoms with Gasteiger partial charge in [0, 0.05) is 0 Å². The first-order valence-corrected chi connectivity index (χ1v) is 5.38. The quantitative estimate of drug-likeness (QED) is 0.743. The molecule has 2 aromatic carbocycles. The molecule has 0 saturated heterocycles. The summed E-state index contributed by atoms with van der Waals surface area (Å²) >= 11 is 0. The molecule has 0 aliphatic heterocycles. The molecule has 0 spiro atoms. The van der Waals surface area contributed by atoms with Gasteiger partial charge in [-0.3, -0.25) is 0 Å². The van der Waals surface area contributed by atoms with Crippen LogP contribution in [-0.2, 0) is 0 Å². The Morgan fingerprint density at radius 2 is 1.67 bits per heavy atom. The van der Waals surface area contributed by atoms with E-state index in [-0.39, 0.29) is 5.56 Å². The average molecular weight is 239 g/mol. The van der Waals surface area contributed by atoms with Gasteiger partial charge < -0.3 is 5.11 Å². The van der Waals surface area contributed by atoms with Crippen molar-refractivity contribution in [2.45, 2.75) is 0 Å². The molecule has 1 heterocycles. The first kappa shape index (κ1) is 10.5. The molecule has 1 N–H and O–H groups in total. The minimum atomic E-state index is -0.993. The highest BCUT2D eigenvalue weighted by molar-refractivity contribution is 5.98. The zero-order valence-electron chi connectivity index (χ0n) is 9.32. The van der Waals surface area contributed by atoms with Gasteiger partial charge in [0.25, 0.3) is 0 Å². The van der Waals surface area contributed by atoms with Gasteiger partial charge in [0.05, 0.1) is 18.0 Å². The van der Waals surface area contributed by atoms with Crippen molar-refractivity contribution in [2.24, 2.45) is 0 Å². The van der Waals surface area contributed by atoms with Crippen LogP contribution in [0, 0.1) is 0 Å². The molecule has 0 unspecified atom stereocenters. The number of carboxylic acid groups (broad SMARTS) is 1. The second-order valence-electron chi connectivity index (χ2n) is 3.84. The highest BCUT2D eigenvalue weighted by atomic mass is 16.4. The van der Waals surface area contributed by atoms with E-state index in [0.29, 0.717) is 5.69 Å². The third kappa shape index (κ3) is 1.62. The Morgan fingerprint density at radius 1 is 1.06 bits per heavy atom. The van der Waals surface area contributed by atoms with E-state index in [1.165, 1.54) is 17.2 Å². The van der Waals surface area contributed by atoms with E-state index in [1.54, 1.807) is 12.1 Å². The number of carboxylic acids is 1. The number of aromatic nitrogens is 3. The van der Waals surface area contributed by atoms with Crippen LogP contribution in [0.3, 0.4) is 0 Å². The summed E-state index contributed by atoms with van der Waals surface area (Å²) in [5.74, 6) is -0.993. The molecule has 0 fully saturated rings. The SMILES string of the molecule is O=C(O)c1cc2ccccc2cc1-n1nccn1. The van der Waals surface area contributed by atoms with Gasteiger partial charge in [0.15, 0.2) is 0 Å². The van der Waals surface area contributed by atoms with Crippen LogP contribution >= 0.6 is 0 Å². The molecular weight excluding hydrogens is 230 g/mol. The van der Waals surface area contributed by atoms with Crippen LogP contribution in [0.1, 0.15) is 10.4 Å². The smallest absolute Gasteiger partial charge is 0.337 e. The van der Waals surface area contributed by atoms with Gasteiger partial charge in [0.1, 0.15) is 5.69 Å². The molecule has 0 aliphatic rings. The minimum absolute atomic E-state index is 0.185. The van der Waals surface area contributed by atoms with E-state index < -0.39 is 5.97 Å². The number of hydrogen-bond donors (Lipinski definition) is 1. The standard InChI is InChI=1S/C13H9N3O2/c17-13(18)11-7-9-3-1-2-4-10(9)8-12(11)16-14-5-6-15-16/h1-8H,(H,17,18). The molecule has 0 amide bonds. The van der Waals surface area contributed by atoms with Crippen molar-refractivity contribution in [3.63, 3.8) is 0 Å². The van der Waals surface area contributed by atoms with Gasteiger partial charge in [-0.25, -0.2) is 4.79 Å². The lowest BCUT2D eigenvalue weighted by atomic mass is 10.1. The van der Waals surface area contributed by atoms with Crippen LogP contribution in [0.15, 0.2) is 48.8 Å². The zero-order valence-corrected chi connectivity index (χ0v) is 9.32. The molecule has 5 heteroatoms. The van der Waals surface area contributed by atoms with Gasteiger partial charge in [-0.05, 0) is 22.9 Å². The largest absolute Gasteiger partial charge is 0.478 e. The Hall–Kier alpha value is -2.69. The predicted octanol–water partition coefficient (Wildman–Crippen LogP) is 2.12. The molecule has 18 heavy (non-hydrogen) atoms. The molecule has 3 rings (SSSR count). The van der Waals surface area contributed by atoms with Crippen LogP contribution in [-0.4, -0.2) is 26.1 Å². The first-order chi connectivity index (χ1) is 8.75.